The molecule has 1 unspecified atom stereocenters. The summed E-state index contributed by atoms with van der Waals surface area (Å²) in [5, 5.41) is 9.48. The van der Waals surface area contributed by atoms with Crippen LogP contribution in [0.25, 0.3) is 0 Å². The minimum absolute atomic E-state index is 0.165. The Morgan fingerprint density at radius 2 is 2.43 bits per heavy atom. The molecule has 0 aromatic carbocycles. The van der Waals surface area contributed by atoms with E-state index < -0.39 is 0 Å². The Morgan fingerprint density at radius 1 is 1.57 bits per heavy atom. The molecule has 2 heterocycles. The van der Waals surface area contributed by atoms with Gasteiger partial charge in [0, 0.05) is 6.54 Å². The minimum Gasteiger partial charge on any atom is -0.453 e. The van der Waals surface area contributed by atoms with E-state index in [9.17, 15) is 5.11 Å². The maximum absolute atomic E-state index is 9.48. The first-order valence-corrected chi connectivity index (χ1v) is 5.68. The van der Waals surface area contributed by atoms with Gasteiger partial charge in [-0.05, 0) is 47.4 Å². The number of aliphatic hydroxyl groups excluding tert-OH is 1. The number of furan rings is 1. The van der Waals surface area contributed by atoms with Gasteiger partial charge in [-0.2, -0.15) is 0 Å². The molecule has 0 aliphatic carbocycles. The zero-order chi connectivity index (χ0) is 9.97. The Balaban J connectivity index is 1.90. The number of β-amino-alcohol motifs (C(OH)–C–C–N with tert-alkyl or cyclic N) is 1. The van der Waals surface area contributed by atoms with E-state index in [1.54, 1.807) is 0 Å². The van der Waals surface area contributed by atoms with Crippen LogP contribution in [0.5, 0.6) is 0 Å². The predicted molar refractivity (Wildman–Crippen MR) is 56.9 cm³/mol. The van der Waals surface area contributed by atoms with Crippen LogP contribution < -0.4 is 0 Å². The Hall–Kier alpha value is -0.320. The van der Waals surface area contributed by atoms with E-state index in [2.05, 4.69) is 20.8 Å². The van der Waals surface area contributed by atoms with Gasteiger partial charge in [-0.15, -0.1) is 0 Å². The van der Waals surface area contributed by atoms with E-state index in [1.165, 1.54) is 0 Å². The van der Waals surface area contributed by atoms with Gasteiger partial charge in [-0.1, -0.05) is 0 Å². The molecule has 0 spiro atoms. The van der Waals surface area contributed by atoms with Crippen molar-refractivity contribution in [2.45, 2.75) is 25.5 Å². The number of nitrogens with zero attached hydrogens (tertiary/aromatic N) is 1. The average molecular weight is 260 g/mol. The van der Waals surface area contributed by atoms with Crippen molar-refractivity contribution in [1.82, 2.24) is 4.90 Å². The van der Waals surface area contributed by atoms with Gasteiger partial charge in [0.1, 0.15) is 5.76 Å². The van der Waals surface area contributed by atoms with Crippen LogP contribution in [0.4, 0.5) is 0 Å². The van der Waals surface area contributed by atoms with E-state index >= 15 is 0 Å². The first-order valence-electron chi connectivity index (χ1n) is 4.88. The van der Waals surface area contributed by atoms with Gasteiger partial charge in [0.15, 0.2) is 4.67 Å². The normalized spacial score (nSPS) is 24.0. The predicted octanol–water partition coefficient (Wildman–Crippen LogP) is 2.00. The summed E-state index contributed by atoms with van der Waals surface area (Å²) in [6.07, 6.45) is 1.84. The van der Waals surface area contributed by atoms with Crippen LogP contribution in [0.1, 0.15) is 18.6 Å². The SMILES string of the molecule is OC1CCCN(Cc2ccc(Br)o2)C1. The molecule has 1 N–H and O–H groups in total. The Labute approximate surface area is 91.8 Å². The molecule has 4 heteroatoms. The fourth-order valence-corrected chi connectivity index (χ4v) is 2.17. The number of rotatable bonds is 2. The molecule has 0 amide bonds. The van der Waals surface area contributed by atoms with E-state index in [0.717, 1.165) is 42.9 Å². The molecule has 1 fully saturated rings. The molecule has 78 valence electrons. The zero-order valence-electron chi connectivity index (χ0n) is 7.95. The van der Waals surface area contributed by atoms with Gasteiger partial charge in [-0.25, -0.2) is 0 Å². The molecule has 14 heavy (non-hydrogen) atoms. The number of piperidine rings is 1. The monoisotopic (exact) mass is 259 g/mol. The van der Waals surface area contributed by atoms with Gasteiger partial charge in [-0.3, -0.25) is 4.90 Å². The number of likely N-dealkylation sites (tertiary alicyclic amines) is 1. The molecular weight excluding hydrogens is 246 g/mol. The van der Waals surface area contributed by atoms with E-state index in [0.29, 0.717) is 0 Å². The highest BCUT2D eigenvalue weighted by atomic mass is 79.9. The van der Waals surface area contributed by atoms with Crippen molar-refractivity contribution < 1.29 is 9.52 Å². The molecule has 0 saturated carbocycles. The molecule has 0 radical (unpaired) electrons. The van der Waals surface area contributed by atoms with Crippen molar-refractivity contribution in [2.24, 2.45) is 0 Å². The molecule has 1 aromatic rings. The lowest BCUT2D eigenvalue weighted by molar-refractivity contribution is 0.0632. The topological polar surface area (TPSA) is 36.6 Å². The lowest BCUT2D eigenvalue weighted by atomic mass is 10.1. The second-order valence-electron chi connectivity index (χ2n) is 3.74. The van der Waals surface area contributed by atoms with Crippen LogP contribution in [-0.4, -0.2) is 29.2 Å². The first-order chi connectivity index (χ1) is 6.74. The third-order valence-electron chi connectivity index (χ3n) is 2.49. The number of halogens is 1. The Morgan fingerprint density at radius 3 is 3.07 bits per heavy atom. The number of aliphatic hydroxyl groups is 1. The van der Waals surface area contributed by atoms with Crippen LogP contribution in [0.2, 0.25) is 0 Å². The highest BCUT2D eigenvalue weighted by Gasteiger charge is 2.18. The van der Waals surface area contributed by atoms with Crippen LogP contribution >= 0.6 is 15.9 Å². The van der Waals surface area contributed by atoms with Gasteiger partial charge >= 0.3 is 0 Å². The third kappa shape index (κ3) is 2.59. The Kier molecular flexibility index (Phi) is 3.26. The summed E-state index contributed by atoms with van der Waals surface area (Å²) in [5.74, 6) is 0.950. The molecule has 1 aromatic heterocycles. The number of hydrogen-bond donors (Lipinski definition) is 1. The van der Waals surface area contributed by atoms with Crippen LogP contribution in [0.15, 0.2) is 21.2 Å². The van der Waals surface area contributed by atoms with Crippen molar-refractivity contribution in [3.8, 4) is 0 Å². The zero-order valence-corrected chi connectivity index (χ0v) is 9.53. The summed E-state index contributed by atoms with van der Waals surface area (Å²) in [6.45, 7) is 2.61. The smallest absolute Gasteiger partial charge is 0.169 e. The van der Waals surface area contributed by atoms with Gasteiger partial charge in [0.05, 0.1) is 12.6 Å². The lowest BCUT2D eigenvalue weighted by Gasteiger charge is -2.28. The second kappa shape index (κ2) is 4.47. The molecule has 2 rings (SSSR count). The summed E-state index contributed by atoms with van der Waals surface area (Å²) in [7, 11) is 0. The van der Waals surface area contributed by atoms with E-state index in [1.807, 2.05) is 12.1 Å². The van der Waals surface area contributed by atoms with Crippen molar-refractivity contribution in [2.75, 3.05) is 13.1 Å². The fraction of sp³-hybridized carbons (Fsp3) is 0.600. The second-order valence-corrected chi connectivity index (χ2v) is 4.52. The molecule has 1 atom stereocenters. The van der Waals surface area contributed by atoms with Crippen LogP contribution in [-0.2, 0) is 6.54 Å². The average Bonchev–Trinajstić information content (AvgIpc) is 2.51. The van der Waals surface area contributed by atoms with Gasteiger partial charge in [0.25, 0.3) is 0 Å². The van der Waals surface area contributed by atoms with Gasteiger partial charge in [0.2, 0.25) is 0 Å². The lowest BCUT2D eigenvalue weighted by Crippen LogP contribution is -2.37. The Bertz CT molecular complexity index is 300. The van der Waals surface area contributed by atoms with Gasteiger partial charge < -0.3 is 9.52 Å². The van der Waals surface area contributed by atoms with E-state index in [4.69, 9.17) is 4.42 Å². The molecular formula is C10H14BrNO2. The van der Waals surface area contributed by atoms with Crippen molar-refractivity contribution in [3.05, 3.63) is 22.6 Å². The van der Waals surface area contributed by atoms with Crippen LogP contribution in [0, 0.1) is 0 Å². The molecule has 1 saturated heterocycles. The maximum Gasteiger partial charge on any atom is 0.169 e. The highest BCUT2D eigenvalue weighted by Crippen LogP contribution is 2.18. The minimum atomic E-state index is -0.165. The third-order valence-corrected chi connectivity index (χ3v) is 2.92. The maximum atomic E-state index is 9.48. The molecule has 3 nitrogen and oxygen atoms in total. The number of hydrogen-bond acceptors (Lipinski definition) is 3. The largest absolute Gasteiger partial charge is 0.453 e. The summed E-state index contributed by atoms with van der Waals surface area (Å²) < 4.78 is 6.18. The molecule has 1 aliphatic heterocycles. The summed E-state index contributed by atoms with van der Waals surface area (Å²) in [5.41, 5.74) is 0. The standard InChI is InChI=1S/C10H14BrNO2/c11-10-4-3-9(14-10)7-12-5-1-2-8(13)6-12/h3-4,8,13H,1-2,5-7H2. The summed E-state index contributed by atoms with van der Waals surface area (Å²) in [6, 6.07) is 3.86. The fourth-order valence-electron chi connectivity index (χ4n) is 1.83. The van der Waals surface area contributed by atoms with Crippen molar-refractivity contribution in [3.63, 3.8) is 0 Å². The van der Waals surface area contributed by atoms with E-state index in [-0.39, 0.29) is 6.10 Å². The molecule has 0 bridgehead atoms. The van der Waals surface area contributed by atoms with Crippen LogP contribution in [0.3, 0.4) is 0 Å². The first kappa shape index (κ1) is 10.2. The highest BCUT2D eigenvalue weighted by molar-refractivity contribution is 9.10. The van der Waals surface area contributed by atoms with Crippen molar-refractivity contribution in [1.29, 1.82) is 0 Å². The summed E-state index contributed by atoms with van der Waals surface area (Å²) >= 11 is 3.27. The molecule has 1 aliphatic rings. The van der Waals surface area contributed by atoms with Crippen molar-refractivity contribution >= 4 is 15.9 Å². The summed E-state index contributed by atoms with van der Waals surface area (Å²) in [4.78, 5) is 2.22. The quantitative estimate of drug-likeness (QED) is 0.883.